The average molecular weight is 660 g/mol. The number of fused-ring (bicyclic) bond motifs is 13. The molecule has 0 saturated heterocycles. The number of rotatable bonds is 4. The van der Waals surface area contributed by atoms with Crippen LogP contribution in [0.4, 0.5) is 17.1 Å². The molecular weight excluding hydrogens is 627 g/mol. The van der Waals surface area contributed by atoms with Crippen molar-refractivity contribution in [3.8, 4) is 33.4 Å². The van der Waals surface area contributed by atoms with Crippen LogP contribution in [0, 0.1) is 0 Å². The lowest BCUT2D eigenvalue weighted by Crippen LogP contribution is -2.25. The van der Waals surface area contributed by atoms with Gasteiger partial charge in [-0.1, -0.05) is 152 Å². The van der Waals surface area contributed by atoms with Gasteiger partial charge in [0, 0.05) is 17.1 Å². The summed E-state index contributed by atoms with van der Waals surface area (Å²) in [5.41, 5.74) is 16.2. The topological polar surface area (TPSA) is 3.24 Å². The van der Waals surface area contributed by atoms with E-state index in [9.17, 15) is 0 Å². The second kappa shape index (κ2) is 11.2. The van der Waals surface area contributed by atoms with Gasteiger partial charge in [0.05, 0.1) is 5.41 Å². The van der Waals surface area contributed by atoms with Crippen LogP contribution in [0.5, 0.6) is 0 Å². The van der Waals surface area contributed by atoms with Crippen LogP contribution < -0.4 is 4.90 Å². The number of hydrogen-bond acceptors (Lipinski definition) is 1. The summed E-state index contributed by atoms with van der Waals surface area (Å²) in [5, 5.41) is 5.06. The maximum absolute atomic E-state index is 2.50. The maximum atomic E-state index is 2.50. The number of benzene rings is 9. The lowest BCUT2D eigenvalue weighted by Gasteiger charge is -2.31. The molecule has 0 radical (unpaired) electrons. The predicted octanol–water partition coefficient (Wildman–Crippen LogP) is 13.5. The van der Waals surface area contributed by atoms with E-state index in [1.165, 1.54) is 77.2 Å². The van der Waals surface area contributed by atoms with Crippen LogP contribution in [-0.2, 0) is 5.41 Å². The van der Waals surface area contributed by atoms with Gasteiger partial charge < -0.3 is 4.90 Å². The first-order valence-corrected chi connectivity index (χ1v) is 18.1. The Hall–Kier alpha value is -6.70. The van der Waals surface area contributed by atoms with Crippen LogP contribution in [0.3, 0.4) is 0 Å². The Balaban J connectivity index is 1.16. The van der Waals surface area contributed by atoms with Gasteiger partial charge in [-0.25, -0.2) is 0 Å². The second-order valence-electron chi connectivity index (χ2n) is 14.1. The fraction of sp³-hybridized carbons (Fsp3) is 0.0196. The minimum absolute atomic E-state index is 0.404. The molecule has 9 aromatic carbocycles. The van der Waals surface area contributed by atoms with Gasteiger partial charge in [-0.2, -0.15) is 0 Å². The summed E-state index contributed by atoms with van der Waals surface area (Å²) in [6.45, 7) is 0. The molecule has 1 heteroatoms. The highest BCUT2D eigenvalue weighted by Crippen LogP contribution is 2.64. The predicted molar refractivity (Wildman–Crippen MR) is 218 cm³/mol. The first kappa shape index (κ1) is 29.1. The molecule has 0 aliphatic heterocycles. The van der Waals surface area contributed by atoms with Crippen LogP contribution in [0.2, 0.25) is 0 Å². The van der Waals surface area contributed by atoms with Gasteiger partial charge in [0.2, 0.25) is 0 Å². The molecule has 9 aromatic rings. The third-order valence-electron chi connectivity index (χ3n) is 11.4. The van der Waals surface area contributed by atoms with Crippen molar-refractivity contribution in [1.29, 1.82) is 0 Å². The summed E-state index contributed by atoms with van der Waals surface area (Å²) < 4.78 is 0. The quantitative estimate of drug-likeness (QED) is 0.182. The van der Waals surface area contributed by atoms with E-state index in [4.69, 9.17) is 0 Å². The molecule has 1 spiro atoms. The number of anilines is 3. The first-order valence-electron chi connectivity index (χ1n) is 18.1. The number of para-hydroxylation sites is 1. The van der Waals surface area contributed by atoms with Crippen LogP contribution in [0.25, 0.3) is 54.9 Å². The highest BCUT2D eigenvalue weighted by atomic mass is 15.1. The molecule has 2 aliphatic carbocycles. The molecule has 52 heavy (non-hydrogen) atoms. The molecule has 1 nitrogen and oxygen atoms in total. The largest absolute Gasteiger partial charge is 0.310 e. The molecule has 0 saturated carbocycles. The first-order chi connectivity index (χ1) is 25.8. The second-order valence-corrected chi connectivity index (χ2v) is 14.1. The van der Waals surface area contributed by atoms with E-state index in [-0.39, 0.29) is 0 Å². The summed E-state index contributed by atoms with van der Waals surface area (Å²) in [6.07, 6.45) is 0. The van der Waals surface area contributed by atoms with Gasteiger partial charge in [0.25, 0.3) is 0 Å². The van der Waals surface area contributed by atoms with Crippen molar-refractivity contribution in [2.45, 2.75) is 5.41 Å². The zero-order valence-corrected chi connectivity index (χ0v) is 28.5. The summed E-state index contributed by atoms with van der Waals surface area (Å²) in [5.74, 6) is 0. The molecule has 0 N–H and O–H groups in total. The van der Waals surface area contributed by atoms with Crippen molar-refractivity contribution < 1.29 is 0 Å². The van der Waals surface area contributed by atoms with Crippen LogP contribution >= 0.6 is 0 Å². The smallest absolute Gasteiger partial charge is 0.0725 e. The van der Waals surface area contributed by atoms with Crippen molar-refractivity contribution in [2.24, 2.45) is 0 Å². The Morgan fingerprint density at radius 3 is 1.63 bits per heavy atom. The molecule has 0 aromatic heterocycles. The Kier molecular flexibility index (Phi) is 6.23. The Morgan fingerprint density at radius 1 is 0.308 bits per heavy atom. The maximum Gasteiger partial charge on any atom is 0.0725 e. The fourth-order valence-corrected chi connectivity index (χ4v) is 9.23. The fourth-order valence-electron chi connectivity index (χ4n) is 9.23. The molecule has 0 amide bonds. The van der Waals surface area contributed by atoms with Crippen molar-refractivity contribution in [3.63, 3.8) is 0 Å². The molecule has 0 unspecified atom stereocenters. The highest BCUT2D eigenvalue weighted by molar-refractivity contribution is 6.09. The molecule has 0 heterocycles. The van der Waals surface area contributed by atoms with Gasteiger partial charge in [-0.3, -0.25) is 0 Å². The van der Waals surface area contributed by atoms with E-state index >= 15 is 0 Å². The van der Waals surface area contributed by atoms with Crippen molar-refractivity contribution in [1.82, 2.24) is 0 Å². The molecular formula is C51H33N. The molecule has 0 atom stereocenters. The van der Waals surface area contributed by atoms with E-state index in [2.05, 4.69) is 205 Å². The minimum Gasteiger partial charge on any atom is -0.310 e. The lowest BCUT2D eigenvalue weighted by molar-refractivity contribution is 0.795. The normalized spacial score (nSPS) is 13.2. The standard InChI is InChI=1S/C51H33N/c1-3-13-34(14-4-1)35-23-27-40(28-24-35)52(39-16-5-2-6-17-39)41-29-25-37-32-45-49(33-38(37)31-41)51(48-30-26-36-15-7-8-18-42(36)50(45)48)46-21-11-9-19-43(46)44-20-10-12-22-47(44)51/h1-33H. The van der Waals surface area contributed by atoms with E-state index in [1.54, 1.807) is 0 Å². The monoisotopic (exact) mass is 659 g/mol. The van der Waals surface area contributed by atoms with Crippen LogP contribution in [0.1, 0.15) is 22.3 Å². The molecule has 242 valence electrons. The summed E-state index contributed by atoms with van der Waals surface area (Å²) in [6, 6.07) is 73.9. The third-order valence-corrected chi connectivity index (χ3v) is 11.4. The summed E-state index contributed by atoms with van der Waals surface area (Å²) in [4.78, 5) is 2.37. The van der Waals surface area contributed by atoms with Crippen molar-refractivity contribution >= 4 is 38.6 Å². The Bertz CT molecular complexity index is 2790. The summed E-state index contributed by atoms with van der Waals surface area (Å²) in [7, 11) is 0. The van der Waals surface area contributed by atoms with E-state index < -0.39 is 5.41 Å². The molecule has 0 fully saturated rings. The molecule has 0 bridgehead atoms. The van der Waals surface area contributed by atoms with Gasteiger partial charge >= 0.3 is 0 Å². The van der Waals surface area contributed by atoms with E-state index in [0.717, 1.165) is 17.1 Å². The Labute approximate surface area is 303 Å². The van der Waals surface area contributed by atoms with Gasteiger partial charge in [-0.15, -0.1) is 0 Å². The Morgan fingerprint density at radius 2 is 0.885 bits per heavy atom. The molecule has 11 rings (SSSR count). The number of hydrogen-bond donors (Lipinski definition) is 0. The third kappa shape index (κ3) is 4.05. The van der Waals surface area contributed by atoms with Gasteiger partial charge in [0.15, 0.2) is 0 Å². The van der Waals surface area contributed by atoms with Crippen molar-refractivity contribution in [2.75, 3.05) is 4.90 Å². The van der Waals surface area contributed by atoms with Crippen molar-refractivity contribution in [3.05, 3.63) is 222 Å². The SMILES string of the molecule is c1ccc(-c2ccc(N(c3ccccc3)c3ccc4cc5c(cc4c3)C3(c4ccccc4-c4ccccc43)c3ccc4ccccc4c3-5)cc2)cc1. The average Bonchev–Trinajstić information content (AvgIpc) is 3.68. The molecule has 2 aliphatic rings. The zero-order chi connectivity index (χ0) is 34.2. The van der Waals surface area contributed by atoms with Gasteiger partial charge in [-0.05, 0) is 126 Å². The zero-order valence-electron chi connectivity index (χ0n) is 28.5. The van der Waals surface area contributed by atoms with Gasteiger partial charge in [0.1, 0.15) is 0 Å². The minimum atomic E-state index is -0.404. The summed E-state index contributed by atoms with van der Waals surface area (Å²) >= 11 is 0. The number of nitrogens with zero attached hydrogens (tertiary/aromatic N) is 1. The van der Waals surface area contributed by atoms with E-state index in [1.807, 2.05) is 0 Å². The van der Waals surface area contributed by atoms with Crippen LogP contribution in [0.15, 0.2) is 200 Å². The highest BCUT2D eigenvalue weighted by Gasteiger charge is 2.52. The lowest BCUT2D eigenvalue weighted by atomic mass is 9.70. The van der Waals surface area contributed by atoms with E-state index in [0.29, 0.717) is 0 Å². The van der Waals surface area contributed by atoms with Crippen LogP contribution in [-0.4, -0.2) is 0 Å².